The molecule has 8 rings (SSSR count). The molecule has 4 aromatic carbocycles. The van der Waals surface area contributed by atoms with Gasteiger partial charge in [0.2, 0.25) is 5.43 Å². The first-order valence-electron chi connectivity index (χ1n) is 13.7. The second kappa shape index (κ2) is 9.39. The first-order chi connectivity index (χ1) is 20.6. The van der Waals surface area contributed by atoms with Gasteiger partial charge >= 0.3 is 0 Å². The van der Waals surface area contributed by atoms with E-state index in [0.717, 1.165) is 16.3 Å². The number of hydrogen-bond acceptors (Lipinski definition) is 5. The van der Waals surface area contributed by atoms with Gasteiger partial charge in [0.15, 0.2) is 17.3 Å². The Hall–Kier alpha value is -5.28. The summed E-state index contributed by atoms with van der Waals surface area (Å²) < 4.78 is 31.4. The number of morpholine rings is 1. The van der Waals surface area contributed by atoms with Crippen molar-refractivity contribution < 1.29 is 18.7 Å². The summed E-state index contributed by atoms with van der Waals surface area (Å²) in [6.45, 7) is 1.55. The number of imidazole rings is 1. The smallest absolute Gasteiger partial charge is 0.259 e. The van der Waals surface area contributed by atoms with Gasteiger partial charge in [0, 0.05) is 36.4 Å². The van der Waals surface area contributed by atoms with Crippen molar-refractivity contribution in [3.63, 3.8) is 0 Å². The monoisotopic (exact) mass is 558 g/mol. The number of amides is 1. The van der Waals surface area contributed by atoms with Crippen LogP contribution in [0, 0.1) is 5.82 Å². The average molecular weight is 559 g/mol. The first kappa shape index (κ1) is 24.5. The van der Waals surface area contributed by atoms with E-state index < -0.39 is 17.2 Å². The van der Waals surface area contributed by atoms with Crippen LogP contribution in [0.5, 0.6) is 11.5 Å². The van der Waals surface area contributed by atoms with Gasteiger partial charge < -0.3 is 18.9 Å². The van der Waals surface area contributed by atoms with Crippen molar-refractivity contribution in [3.05, 3.63) is 113 Å². The van der Waals surface area contributed by atoms with Crippen molar-refractivity contribution in [1.82, 2.24) is 19.0 Å². The molecule has 2 aliphatic rings. The summed E-state index contributed by atoms with van der Waals surface area (Å²) >= 11 is 0. The van der Waals surface area contributed by atoms with Crippen LogP contribution in [0.1, 0.15) is 10.4 Å². The SMILES string of the molecule is O=C(c1cn2c3c(c(-n4cnc(-c5ccccc5)c4)c(F)cc3c1=O)Oc1ccc3ccccc3c1-2)N1CCOCC1. The number of fused-ring (bicyclic) bond motifs is 4. The van der Waals surface area contributed by atoms with E-state index >= 15 is 4.39 Å². The lowest BCUT2D eigenvalue weighted by Gasteiger charge is -2.29. The molecule has 0 spiro atoms. The third kappa shape index (κ3) is 3.67. The van der Waals surface area contributed by atoms with E-state index in [4.69, 9.17) is 9.47 Å². The number of carbonyl (C=O) groups is 1. The van der Waals surface area contributed by atoms with E-state index in [1.807, 2.05) is 66.7 Å². The first-order valence-corrected chi connectivity index (χ1v) is 13.7. The second-order valence-corrected chi connectivity index (χ2v) is 10.3. The molecule has 1 fully saturated rings. The zero-order chi connectivity index (χ0) is 28.4. The van der Waals surface area contributed by atoms with Gasteiger partial charge in [0.05, 0.1) is 30.0 Å². The number of benzene rings is 4. The summed E-state index contributed by atoms with van der Waals surface area (Å²) in [5.74, 6) is -0.424. The lowest BCUT2D eigenvalue weighted by atomic mass is 10.0. The molecule has 0 aliphatic carbocycles. The highest BCUT2D eigenvalue weighted by atomic mass is 19.1. The highest BCUT2D eigenvalue weighted by Gasteiger charge is 2.31. The number of hydrogen-bond donors (Lipinski definition) is 0. The Balaban J connectivity index is 1.42. The fourth-order valence-corrected chi connectivity index (χ4v) is 5.90. The molecule has 2 aliphatic heterocycles. The Labute approximate surface area is 238 Å². The predicted molar refractivity (Wildman–Crippen MR) is 156 cm³/mol. The Morgan fingerprint density at radius 1 is 0.881 bits per heavy atom. The average Bonchev–Trinajstić information content (AvgIpc) is 3.52. The van der Waals surface area contributed by atoms with Crippen LogP contribution in [-0.2, 0) is 4.74 Å². The summed E-state index contributed by atoms with van der Waals surface area (Å²) in [5, 5.41) is 1.89. The Morgan fingerprint density at radius 3 is 2.50 bits per heavy atom. The van der Waals surface area contributed by atoms with Crippen LogP contribution >= 0.6 is 0 Å². The number of rotatable bonds is 3. The Kier molecular flexibility index (Phi) is 5.48. The van der Waals surface area contributed by atoms with E-state index in [0.29, 0.717) is 49.0 Å². The predicted octanol–water partition coefficient (Wildman–Crippen LogP) is 5.71. The third-order valence-electron chi connectivity index (χ3n) is 7.93. The van der Waals surface area contributed by atoms with Crippen LogP contribution in [-0.4, -0.2) is 51.2 Å². The minimum absolute atomic E-state index is 0.0303. The van der Waals surface area contributed by atoms with Crippen molar-refractivity contribution in [1.29, 1.82) is 0 Å². The van der Waals surface area contributed by atoms with Gasteiger partial charge in [-0.1, -0.05) is 60.7 Å². The van der Waals surface area contributed by atoms with Gasteiger partial charge in [-0.2, -0.15) is 0 Å². The van der Waals surface area contributed by atoms with Gasteiger partial charge in [-0.25, -0.2) is 9.37 Å². The van der Waals surface area contributed by atoms with Crippen molar-refractivity contribution in [2.75, 3.05) is 26.3 Å². The zero-order valence-electron chi connectivity index (χ0n) is 22.3. The molecule has 0 atom stereocenters. The number of halogens is 1. The molecule has 0 radical (unpaired) electrons. The normalized spacial score (nSPS) is 14.2. The lowest BCUT2D eigenvalue weighted by Crippen LogP contribution is -2.42. The molecule has 0 bridgehead atoms. The number of pyridine rings is 1. The van der Waals surface area contributed by atoms with Gasteiger partial charge in [0.25, 0.3) is 5.91 Å². The molecule has 2 aromatic heterocycles. The molecule has 206 valence electrons. The number of carbonyl (C=O) groups excluding carboxylic acids is 1. The maximum atomic E-state index is 16.1. The molecule has 0 unspecified atom stereocenters. The molecule has 6 aromatic rings. The fraction of sp³-hybridized carbons (Fsp3) is 0.121. The fourth-order valence-electron chi connectivity index (χ4n) is 5.90. The van der Waals surface area contributed by atoms with E-state index in [2.05, 4.69) is 4.98 Å². The summed E-state index contributed by atoms with van der Waals surface area (Å²) in [5.41, 5.74) is 2.14. The third-order valence-corrected chi connectivity index (χ3v) is 7.93. The van der Waals surface area contributed by atoms with Crippen LogP contribution in [0.25, 0.3) is 44.3 Å². The summed E-state index contributed by atoms with van der Waals surface area (Å²) in [7, 11) is 0. The van der Waals surface area contributed by atoms with Gasteiger partial charge in [0.1, 0.15) is 23.1 Å². The van der Waals surface area contributed by atoms with E-state index in [-0.39, 0.29) is 22.4 Å². The van der Waals surface area contributed by atoms with Crippen LogP contribution in [0.15, 0.2) is 96.3 Å². The summed E-state index contributed by atoms with van der Waals surface area (Å²) in [6.07, 6.45) is 4.83. The van der Waals surface area contributed by atoms with E-state index in [1.165, 1.54) is 12.4 Å². The largest absolute Gasteiger partial charge is 0.451 e. The maximum Gasteiger partial charge on any atom is 0.259 e. The molecule has 9 heteroatoms. The van der Waals surface area contributed by atoms with Gasteiger partial charge in [-0.3, -0.25) is 14.2 Å². The standard InChI is InChI=1S/C33H23FN4O4/c34-25-16-23-29-32(30(25)37-18-26(35-19-37)21-7-2-1-3-8-21)42-27-11-10-20-6-4-5-9-22(20)28(27)38(29)17-24(31(23)39)33(40)36-12-14-41-15-13-36/h1-11,16-19H,12-15H2. The Morgan fingerprint density at radius 2 is 1.67 bits per heavy atom. The highest BCUT2D eigenvalue weighted by Crippen LogP contribution is 2.46. The van der Waals surface area contributed by atoms with Crippen molar-refractivity contribution in [2.24, 2.45) is 0 Å². The van der Waals surface area contributed by atoms with Crippen LogP contribution in [0.2, 0.25) is 0 Å². The van der Waals surface area contributed by atoms with Crippen LogP contribution < -0.4 is 10.2 Å². The summed E-state index contributed by atoms with van der Waals surface area (Å²) in [4.78, 5) is 33.6. The number of ether oxygens (including phenoxy) is 2. The molecule has 4 heterocycles. The van der Waals surface area contributed by atoms with Crippen molar-refractivity contribution >= 4 is 27.6 Å². The molecular formula is C33H23FN4O4. The maximum absolute atomic E-state index is 16.1. The minimum atomic E-state index is -0.668. The zero-order valence-corrected chi connectivity index (χ0v) is 22.3. The molecule has 0 N–H and O–H groups in total. The second-order valence-electron chi connectivity index (χ2n) is 10.3. The van der Waals surface area contributed by atoms with Crippen molar-refractivity contribution in [2.45, 2.75) is 0 Å². The van der Waals surface area contributed by atoms with Crippen LogP contribution in [0.3, 0.4) is 0 Å². The Bertz CT molecular complexity index is 2110. The van der Waals surface area contributed by atoms with Gasteiger partial charge in [-0.05, 0) is 17.5 Å². The molecule has 1 saturated heterocycles. The molecule has 42 heavy (non-hydrogen) atoms. The number of nitrogens with zero attached hydrogens (tertiary/aromatic N) is 4. The van der Waals surface area contributed by atoms with Crippen molar-refractivity contribution in [3.8, 4) is 34.1 Å². The lowest BCUT2D eigenvalue weighted by molar-refractivity contribution is 0.0302. The molecule has 1 amide bonds. The van der Waals surface area contributed by atoms with Crippen LogP contribution in [0.4, 0.5) is 4.39 Å². The topological polar surface area (TPSA) is 78.6 Å². The number of aromatic nitrogens is 3. The molecule has 0 saturated carbocycles. The highest BCUT2D eigenvalue weighted by molar-refractivity contribution is 6.03. The summed E-state index contributed by atoms with van der Waals surface area (Å²) in [6, 6.07) is 22.4. The quantitative estimate of drug-likeness (QED) is 0.278. The van der Waals surface area contributed by atoms with E-state index in [1.54, 1.807) is 26.4 Å². The van der Waals surface area contributed by atoms with Gasteiger partial charge in [-0.15, -0.1) is 0 Å². The minimum Gasteiger partial charge on any atom is -0.451 e. The molecular weight excluding hydrogens is 535 g/mol. The van der Waals surface area contributed by atoms with E-state index in [9.17, 15) is 9.59 Å². The molecule has 8 nitrogen and oxygen atoms in total.